The number of aliphatic hydroxyl groups excluding tert-OH is 1. The Morgan fingerprint density at radius 3 is 2.95 bits per heavy atom. The molecule has 0 saturated heterocycles. The quantitative estimate of drug-likeness (QED) is 0.813. The third-order valence-corrected chi connectivity index (χ3v) is 3.05. The summed E-state index contributed by atoms with van der Waals surface area (Å²) in [5.41, 5.74) is 1.40. The van der Waals surface area contributed by atoms with Gasteiger partial charge in [0, 0.05) is 18.7 Å². The van der Waals surface area contributed by atoms with E-state index in [-0.39, 0.29) is 18.6 Å². The molecule has 0 radical (unpaired) electrons. The Labute approximate surface area is 112 Å². The number of nitrogens with zero attached hydrogens (tertiary/aromatic N) is 2. The second-order valence-corrected chi connectivity index (χ2v) is 4.56. The SMILES string of the molecule is N#Cc1cccc(/C=C/C(=O)N(CCO)C2CC2)c1. The van der Waals surface area contributed by atoms with E-state index >= 15 is 0 Å². The first kappa shape index (κ1) is 13.3. The molecule has 0 atom stereocenters. The third kappa shape index (κ3) is 3.67. The van der Waals surface area contributed by atoms with Crippen LogP contribution in [0.15, 0.2) is 30.3 Å². The first-order valence-corrected chi connectivity index (χ1v) is 6.34. The molecule has 1 amide bonds. The molecule has 0 unspecified atom stereocenters. The first-order chi connectivity index (χ1) is 9.24. The predicted octanol–water partition coefficient (Wildman–Crippen LogP) is 1.55. The highest BCUT2D eigenvalue weighted by atomic mass is 16.3. The number of amides is 1. The minimum atomic E-state index is -0.0843. The molecule has 0 bridgehead atoms. The highest BCUT2D eigenvalue weighted by Crippen LogP contribution is 2.26. The monoisotopic (exact) mass is 256 g/mol. The lowest BCUT2D eigenvalue weighted by Crippen LogP contribution is -2.34. The van der Waals surface area contributed by atoms with Crippen molar-refractivity contribution in [2.45, 2.75) is 18.9 Å². The van der Waals surface area contributed by atoms with Crippen LogP contribution in [0.4, 0.5) is 0 Å². The number of carbonyl (C=O) groups is 1. The summed E-state index contributed by atoms with van der Waals surface area (Å²) < 4.78 is 0. The molecule has 1 aromatic carbocycles. The number of hydrogen-bond acceptors (Lipinski definition) is 3. The lowest BCUT2D eigenvalue weighted by Gasteiger charge is -2.19. The van der Waals surface area contributed by atoms with Crippen LogP contribution in [0.5, 0.6) is 0 Å². The molecule has 2 rings (SSSR count). The van der Waals surface area contributed by atoms with E-state index in [1.165, 1.54) is 6.08 Å². The van der Waals surface area contributed by atoms with Crippen molar-refractivity contribution in [3.8, 4) is 6.07 Å². The lowest BCUT2D eigenvalue weighted by atomic mass is 10.1. The number of rotatable bonds is 5. The summed E-state index contributed by atoms with van der Waals surface area (Å²) in [5, 5.41) is 17.8. The molecule has 0 heterocycles. The van der Waals surface area contributed by atoms with Crippen LogP contribution in [-0.2, 0) is 4.79 Å². The van der Waals surface area contributed by atoms with Gasteiger partial charge in [0.05, 0.1) is 18.2 Å². The van der Waals surface area contributed by atoms with Gasteiger partial charge in [0.1, 0.15) is 0 Å². The third-order valence-electron chi connectivity index (χ3n) is 3.05. The Balaban J connectivity index is 2.04. The van der Waals surface area contributed by atoms with Crippen molar-refractivity contribution in [1.82, 2.24) is 4.90 Å². The molecule has 1 aliphatic carbocycles. The van der Waals surface area contributed by atoms with E-state index in [0.29, 0.717) is 12.1 Å². The molecule has 0 aliphatic heterocycles. The second-order valence-electron chi connectivity index (χ2n) is 4.56. The summed E-state index contributed by atoms with van der Waals surface area (Å²) in [6, 6.07) is 9.44. The van der Waals surface area contributed by atoms with Crippen LogP contribution in [0.1, 0.15) is 24.0 Å². The maximum atomic E-state index is 12.0. The molecular weight excluding hydrogens is 240 g/mol. The molecule has 0 aromatic heterocycles. The molecule has 19 heavy (non-hydrogen) atoms. The number of nitriles is 1. The maximum Gasteiger partial charge on any atom is 0.246 e. The predicted molar refractivity (Wildman–Crippen MR) is 72.0 cm³/mol. The van der Waals surface area contributed by atoms with E-state index in [4.69, 9.17) is 10.4 Å². The summed E-state index contributed by atoms with van der Waals surface area (Å²) in [6.45, 7) is 0.367. The Morgan fingerprint density at radius 1 is 1.53 bits per heavy atom. The van der Waals surface area contributed by atoms with Gasteiger partial charge in [-0.05, 0) is 36.6 Å². The largest absolute Gasteiger partial charge is 0.395 e. The van der Waals surface area contributed by atoms with Crippen LogP contribution in [-0.4, -0.2) is 35.1 Å². The van der Waals surface area contributed by atoms with Crippen LogP contribution in [0.3, 0.4) is 0 Å². The van der Waals surface area contributed by atoms with Crippen LogP contribution in [0, 0.1) is 11.3 Å². The maximum absolute atomic E-state index is 12.0. The Hall–Kier alpha value is -2.12. The molecule has 1 aromatic rings. The van der Waals surface area contributed by atoms with Crippen molar-refractivity contribution in [3.05, 3.63) is 41.5 Å². The van der Waals surface area contributed by atoms with Crippen molar-refractivity contribution in [2.75, 3.05) is 13.2 Å². The van der Waals surface area contributed by atoms with Crippen LogP contribution in [0.2, 0.25) is 0 Å². The van der Waals surface area contributed by atoms with E-state index in [9.17, 15) is 4.79 Å². The zero-order valence-electron chi connectivity index (χ0n) is 10.6. The zero-order valence-corrected chi connectivity index (χ0v) is 10.6. The van der Waals surface area contributed by atoms with Crippen LogP contribution in [0.25, 0.3) is 6.08 Å². The highest BCUT2D eigenvalue weighted by Gasteiger charge is 2.30. The highest BCUT2D eigenvalue weighted by molar-refractivity contribution is 5.92. The summed E-state index contributed by atoms with van der Waals surface area (Å²) in [4.78, 5) is 13.7. The fourth-order valence-electron chi connectivity index (χ4n) is 1.94. The Kier molecular flexibility index (Phi) is 4.32. The van der Waals surface area contributed by atoms with Crippen molar-refractivity contribution in [3.63, 3.8) is 0 Å². The van der Waals surface area contributed by atoms with Crippen LogP contribution < -0.4 is 0 Å². The molecule has 4 heteroatoms. The van der Waals surface area contributed by atoms with E-state index < -0.39 is 0 Å². The second kappa shape index (κ2) is 6.17. The fraction of sp³-hybridized carbons (Fsp3) is 0.333. The smallest absolute Gasteiger partial charge is 0.246 e. The Bertz CT molecular complexity index is 527. The van der Waals surface area contributed by atoms with Gasteiger partial charge in [-0.3, -0.25) is 4.79 Å². The summed E-state index contributed by atoms with van der Waals surface area (Å²) in [7, 11) is 0. The Morgan fingerprint density at radius 2 is 2.32 bits per heavy atom. The minimum absolute atomic E-state index is 0.0139. The van der Waals surface area contributed by atoms with Crippen LogP contribution >= 0.6 is 0 Å². The minimum Gasteiger partial charge on any atom is -0.395 e. The first-order valence-electron chi connectivity index (χ1n) is 6.34. The average molecular weight is 256 g/mol. The topological polar surface area (TPSA) is 64.3 Å². The normalized spacial score (nSPS) is 14.3. The molecular formula is C15H16N2O2. The van der Waals surface area contributed by atoms with Gasteiger partial charge in [-0.25, -0.2) is 0 Å². The van der Waals surface area contributed by atoms with Gasteiger partial charge >= 0.3 is 0 Å². The summed E-state index contributed by atoms with van der Waals surface area (Å²) >= 11 is 0. The lowest BCUT2D eigenvalue weighted by molar-refractivity contribution is -0.127. The number of carbonyl (C=O) groups excluding carboxylic acids is 1. The molecule has 1 saturated carbocycles. The standard InChI is InChI=1S/C15H16N2O2/c16-11-13-3-1-2-12(10-13)4-7-15(19)17(8-9-18)14-5-6-14/h1-4,7,10,14,18H,5-6,8-9H2/b7-4+. The van der Waals surface area contributed by atoms with Gasteiger partial charge < -0.3 is 10.0 Å². The van der Waals surface area contributed by atoms with Gasteiger partial charge in [0.25, 0.3) is 0 Å². The van der Waals surface area contributed by atoms with Crippen molar-refractivity contribution < 1.29 is 9.90 Å². The number of aliphatic hydroxyl groups is 1. The average Bonchev–Trinajstić information content (AvgIpc) is 3.27. The van der Waals surface area contributed by atoms with E-state index in [2.05, 4.69) is 6.07 Å². The van der Waals surface area contributed by atoms with Crippen molar-refractivity contribution in [1.29, 1.82) is 5.26 Å². The van der Waals surface area contributed by atoms with Gasteiger partial charge in [0.15, 0.2) is 0 Å². The van der Waals surface area contributed by atoms with Gasteiger partial charge in [-0.2, -0.15) is 5.26 Å². The van der Waals surface area contributed by atoms with Gasteiger partial charge in [-0.15, -0.1) is 0 Å². The molecule has 1 fully saturated rings. The summed E-state index contributed by atoms with van der Waals surface area (Å²) in [5.74, 6) is -0.0843. The van der Waals surface area contributed by atoms with E-state index in [0.717, 1.165) is 18.4 Å². The number of hydrogen-bond donors (Lipinski definition) is 1. The zero-order chi connectivity index (χ0) is 13.7. The molecule has 1 aliphatic rings. The van der Waals surface area contributed by atoms with Crippen molar-refractivity contribution in [2.24, 2.45) is 0 Å². The fourth-order valence-corrected chi connectivity index (χ4v) is 1.94. The van der Waals surface area contributed by atoms with Gasteiger partial charge in [0.2, 0.25) is 5.91 Å². The molecule has 1 N–H and O–H groups in total. The van der Waals surface area contributed by atoms with E-state index in [1.807, 2.05) is 6.07 Å². The molecule has 0 spiro atoms. The number of benzene rings is 1. The van der Waals surface area contributed by atoms with E-state index in [1.54, 1.807) is 29.2 Å². The van der Waals surface area contributed by atoms with Gasteiger partial charge in [-0.1, -0.05) is 12.1 Å². The van der Waals surface area contributed by atoms with Crippen molar-refractivity contribution >= 4 is 12.0 Å². The molecule has 98 valence electrons. The molecule has 4 nitrogen and oxygen atoms in total. The summed E-state index contributed by atoms with van der Waals surface area (Å²) in [6.07, 6.45) is 5.24.